The van der Waals surface area contributed by atoms with Crippen molar-refractivity contribution in [3.8, 4) is 0 Å². The molecule has 162 valence electrons. The average molecular weight is 497 g/mol. The van der Waals surface area contributed by atoms with Crippen molar-refractivity contribution in [2.24, 2.45) is 0 Å². The lowest BCUT2D eigenvalue weighted by Crippen LogP contribution is -2.39. The topological polar surface area (TPSA) is 63.4 Å². The first-order valence-electron chi connectivity index (χ1n) is 8.93. The van der Waals surface area contributed by atoms with Gasteiger partial charge in [0.15, 0.2) is 0 Å². The molecule has 0 bridgehead atoms. The number of aromatic nitrogens is 1. The zero-order valence-corrected chi connectivity index (χ0v) is 19.4. The molecule has 5 nitrogen and oxygen atoms in total. The predicted molar refractivity (Wildman–Crippen MR) is 107 cm³/mol. The fraction of sp³-hybridized carbons (Fsp3) is 0.526. The highest BCUT2D eigenvalue weighted by Gasteiger charge is 2.38. The molecule has 0 saturated heterocycles. The highest BCUT2D eigenvalue weighted by molar-refractivity contribution is 9.10. The molecular weight excluding hydrogens is 473 g/mol. The van der Waals surface area contributed by atoms with Gasteiger partial charge in [-0.2, -0.15) is 17.5 Å². The lowest BCUT2D eigenvalue weighted by Gasteiger charge is -2.30. The summed E-state index contributed by atoms with van der Waals surface area (Å²) in [7, 11) is -4.15. The maximum absolute atomic E-state index is 13.3. The number of halogens is 4. The Bertz CT molecular complexity index is 979. The number of hydrogen-bond donors (Lipinski definition) is 0. The van der Waals surface area contributed by atoms with Crippen LogP contribution in [0.4, 0.5) is 13.2 Å². The Balaban J connectivity index is 2.50. The molecule has 10 heteroatoms. The third-order valence-electron chi connectivity index (χ3n) is 4.33. The zero-order chi connectivity index (χ0) is 22.4. The van der Waals surface area contributed by atoms with Crippen LogP contribution < -0.4 is 0 Å². The van der Waals surface area contributed by atoms with Crippen molar-refractivity contribution in [3.05, 3.63) is 46.1 Å². The molecule has 0 aliphatic heterocycles. The van der Waals surface area contributed by atoms with Gasteiger partial charge < -0.3 is 4.42 Å². The molecule has 0 N–H and O–H groups in total. The van der Waals surface area contributed by atoms with Gasteiger partial charge in [0.1, 0.15) is 5.76 Å². The lowest BCUT2D eigenvalue weighted by molar-refractivity contribution is -0.137. The van der Waals surface area contributed by atoms with Crippen molar-refractivity contribution in [2.75, 3.05) is 0 Å². The van der Waals surface area contributed by atoms with E-state index in [1.807, 2.05) is 20.8 Å². The number of oxazole rings is 1. The van der Waals surface area contributed by atoms with Crippen LogP contribution in [0.2, 0.25) is 0 Å². The SMILES string of the molecule is CC(C)N(C(C)c1ncc(C(C)(C)C)o1)S(=O)(=O)c1ccc(C(F)(F)F)cc1Br. The van der Waals surface area contributed by atoms with E-state index in [0.717, 1.165) is 18.2 Å². The van der Waals surface area contributed by atoms with Crippen LogP contribution in [-0.4, -0.2) is 23.7 Å². The van der Waals surface area contributed by atoms with Gasteiger partial charge in [-0.1, -0.05) is 20.8 Å². The van der Waals surface area contributed by atoms with Crippen LogP contribution in [0.3, 0.4) is 0 Å². The standard InChI is InChI=1S/C19H24BrF3N2O3S/c1-11(2)25(12(3)17-24-10-16(28-17)18(4,5)6)29(26,27)15-8-7-13(9-14(15)20)19(21,22)23/h7-12H,1-6H3. The highest BCUT2D eigenvalue weighted by atomic mass is 79.9. The highest BCUT2D eigenvalue weighted by Crippen LogP contribution is 2.37. The summed E-state index contributed by atoms with van der Waals surface area (Å²) in [5, 5.41) is 0. The van der Waals surface area contributed by atoms with Gasteiger partial charge in [-0.15, -0.1) is 0 Å². The fourth-order valence-electron chi connectivity index (χ4n) is 2.87. The van der Waals surface area contributed by atoms with Crippen LogP contribution in [0.15, 0.2) is 38.2 Å². The summed E-state index contributed by atoms with van der Waals surface area (Å²) in [6.07, 6.45) is -3.01. The molecule has 0 radical (unpaired) electrons. The minimum absolute atomic E-state index is 0.159. The first-order chi connectivity index (χ1) is 13.1. The molecule has 0 saturated carbocycles. The van der Waals surface area contributed by atoms with Crippen molar-refractivity contribution in [3.63, 3.8) is 0 Å². The lowest BCUT2D eigenvalue weighted by atomic mass is 9.94. The van der Waals surface area contributed by atoms with E-state index in [9.17, 15) is 21.6 Å². The van der Waals surface area contributed by atoms with Gasteiger partial charge >= 0.3 is 6.18 Å². The van der Waals surface area contributed by atoms with Gasteiger partial charge in [0.25, 0.3) is 0 Å². The number of hydrogen-bond acceptors (Lipinski definition) is 4. The van der Waals surface area contributed by atoms with Crippen molar-refractivity contribution in [2.45, 2.75) is 70.1 Å². The minimum atomic E-state index is -4.57. The molecule has 29 heavy (non-hydrogen) atoms. The monoisotopic (exact) mass is 496 g/mol. The Morgan fingerprint density at radius 2 is 1.72 bits per heavy atom. The number of nitrogens with zero attached hydrogens (tertiary/aromatic N) is 2. The van der Waals surface area contributed by atoms with Crippen LogP contribution in [0, 0.1) is 0 Å². The Morgan fingerprint density at radius 1 is 1.14 bits per heavy atom. The predicted octanol–water partition coefficient (Wildman–Crippen LogP) is 5.91. The average Bonchev–Trinajstić information content (AvgIpc) is 3.03. The Hall–Kier alpha value is -1.39. The molecule has 1 atom stereocenters. The van der Waals surface area contributed by atoms with Crippen molar-refractivity contribution in [1.82, 2.24) is 9.29 Å². The Morgan fingerprint density at radius 3 is 2.14 bits per heavy atom. The third kappa shape index (κ3) is 5.03. The van der Waals surface area contributed by atoms with Gasteiger partial charge in [0.05, 0.1) is 22.7 Å². The summed E-state index contributed by atoms with van der Waals surface area (Å²) < 4.78 is 72.2. The second-order valence-corrected chi connectivity index (χ2v) is 10.7. The van der Waals surface area contributed by atoms with Crippen LogP contribution in [-0.2, 0) is 21.6 Å². The molecule has 1 aromatic carbocycles. The van der Waals surface area contributed by atoms with E-state index in [1.165, 1.54) is 4.31 Å². The summed E-state index contributed by atoms with van der Waals surface area (Å²) in [4.78, 5) is 3.97. The van der Waals surface area contributed by atoms with Crippen LogP contribution in [0.1, 0.15) is 64.8 Å². The smallest absolute Gasteiger partial charge is 0.416 e. The molecule has 0 aliphatic rings. The van der Waals surface area contributed by atoms with Crippen molar-refractivity contribution in [1.29, 1.82) is 0 Å². The number of sulfonamides is 1. The van der Waals surface area contributed by atoms with Crippen LogP contribution in [0.5, 0.6) is 0 Å². The first kappa shape index (κ1) is 23.9. The zero-order valence-electron chi connectivity index (χ0n) is 17.0. The van der Waals surface area contributed by atoms with Gasteiger partial charge in [0.2, 0.25) is 15.9 Å². The first-order valence-corrected chi connectivity index (χ1v) is 11.2. The minimum Gasteiger partial charge on any atom is -0.443 e. The van der Waals surface area contributed by atoms with E-state index in [0.29, 0.717) is 5.76 Å². The summed E-state index contributed by atoms with van der Waals surface area (Å²) >= 11 is 2.98. The largest absolute Gasteiger partial charge is 0.443 e. The molecule has 0 amide bonds. The third-order valence-corrected chi connectivity index (χ3v) is 7.45. The number of rotatable bonds is 5. The van der Waals surface area contributed by atoms with Crippen LogP contribution >= 0.6 is 15.9 Å². The number of benzene rings is 1. The molecule has 0 spiro atoms. The molecule has 0 aliphatic carbocycles. The maximum atomic E-state index is 13.3. The van der Waals surface area contributed by atoms with E-state index in [4.69, 9.17) is 4.42 Å². The second-order valence-electron chi connectivity index (χ2n) is 8.06. The van der Waals surface area contributed by atoms with Gasteiger partial charge in [-0.3, -0.25) is 0 Å². The number of alkyl halides is 3. The molecule has 1 heterocycles. The summed E-state index contributed by atoms with van der Waals surface area (Å²) in [6, 6.07) is 1.22. The molecule has 0 fully saturated rings. The molecular formula is C19H24BrF3N2O3S. The van der Waals surface area contributed by atoms with Crippen LogP contribution in [0.25, 0.3) is 0 Å². The summed E-state index contributed by atoms with van der Waals surface area (Å²) in [5.41, 5.74) is -1.24. The van der Waals surface area contributed by atoms with Gasteiger partial charge in [-0.05, 0) is 54.9 Å². The summed E-state index contributed by atoms with van der Waals surface area (Å²) in [6.45, 7) is 10.8. The van der Waals surface area contributed by atoms with Gasteiger partial charge in [0, 0.05) is 15.9 Å². The molecule has 2 rings (SSSR count). The van der Waals surface area contributed by atoms with Gasteiger partial charge in [-0.25, -0.2) is 13.4 Å². The Kier molecular flexibility index (Phi) is 6.62. The normalized spacial score (nSPS) is 14.6. The molecule has 2 aromatic rings. The fourth-order valence-corrected chi connectivity index (χ4v) is 5.70. The maximum Gasteiger partial charge on any atom is 0.416 e. The van der Waals surface area contributed by atoms with E-state index >= 15 is 0 Å². The molecule has 1 aromatic heterocycles. The van der Waals surface area contributed by atoms with E-state index in [-0.39, 0.29) is 20.7 Å². The summed E-state index contributed by atoms with van der Waals surface area (Å²) in [5.74, 6) is 0.825. The van der Waals surface area contributed by atoms with E-state index < -0.39 is 33.8 Å². The molecule has 1 unspecified atom stereocenters. The Labute approximate surface area is 177 Å². The van der Waals surface area contributed by atoms with Crippen molar-refractivity contribution < 1.29 is 26.0 Å². The quantitative estimate of drug-likeness (QED) is 0.515. The van der Waals surface area contributed by atoms with E-state index in [2.05, 4.69) is 20.9 Å². The van der Waals surface area contributed by atoms with Crippen molar-refractivity contribution >= 4 is 26.0 Å². The second kappa shape index (κ2) is 8.03. The van der Waals surface area contributed by atoms with E-state index in [1.54, 1.807) is 27.0 Å².